The lowest BCUT2D eigenvalue weighted by molar-refractivity contribution is -0.670. The fraction of sp³-hybridized carbons (Fsp3) is 0.310. The number of benzene rings is 2. The van der Waals surface area contributed by atoms with Crippen molar-refractivity contribution in [2.24, 2.45) is 0 Å². The van der Waals surface area contributed by atoms with Gasteiger partial charge in [0.25, 0.3) is 0 Å². The van der Waals surface area contributed by atoms with Crippen LogP contribution in [-0.4, -0.2) is 12.3 Å². The van der Waals surface area contributed by atoms with Crippen LogP contribution in [0.5, 0.6) is 0 Å². The molecule has 0 saturated heterocycles. The average molecular weight is 488 g/mol. The van der Waals surface area contributed by atoms with Gasteiger partial charge >= 0.3 is 0 Å². The molecule has 5 heteroatoms. The third kappa shape index (κ3) is 4.27. The molecule has 2 aliphatic rings. The van der Waals surface area contributed by atoms with Crippen LogP contribution < -0.4 is 9.47 Å². The summed E-state index contributed by atoms with van der Waals surface area (Å²) < 4.78 is 3.71. The molecule has 0 spiro atoms. The van der Waals surface area contributed by atoms with Gasteiger partial charge in [0, 0.05) is 23.1 Å². The number of nitrogens with zero attached hydrogens (tertiary/aromatic N) is 2. The highest BCUT2D eigenvalue weighted by molar-refractivity contribution is 8.03. The van der Waals surface area contributed by atoms with Crippen molar-refractivity contribution >= 4 is 44.8 Å². The Morgan fingerprint density at radius 3 is 2.56 bits per heavy atom. The van der Waals surface area contributed by atoms with Crippen LogP contribution in [0.4, 0.5) is 5.69 Å². The molecule has 2 heterocycles. The Balaban J connectivity index is 1.34. The van der Waals surface area contributed by atoms with Crippen molar-refractivity contribution in [1.29, 1.82) is 0 Å². The maximum atomic E-state index is 13.1. The summed E-state index contributed by atoms with van der Waals surface area (Å²) in [5.74, 6) is 0.219. The first-order valence-corrected chi connectivity index (χ1v) is 13.7. The number of Topliss-reactive ketones (excluding diaryl/α,β-unsaturated/α-hetero) is 1. The summed E-state index contributed by atoms with van der Waals surface area (Å²) in [4.78, 5) is 16.8. The Hall–Kier alpha value is -2.63. The van der Waals surface area contributed by atoms with E-state index in [0.29, 0.717) is 0 Å². The number of hydrogen-bond donors (Lipinski definition) is 0. The number of carbonyl (C=O) groups is 1. The number of anilines is 1. The topological polar surface area (TPSA) is 24.2 Å². The monoisotopic (exact) mass is 487 g/mol. The number of aryl methyl sites for hydroxylation is 3. The Kier molecular flexibility index (Phi) is 6.50. The van der Waals surface area contributed by atoms with E-state index in [1.165, 1.54) is 42.0 Å². The molecule has 0 atom stereocenters. The minimum atomic E-state index is 0.219. The van der Waals surface area contributed by atoms with Gasteiger partial charge in [0.15, 0.2) is 5.78 Å². The van der Waals surface area contributed by atoms with Crippen LogP contribution in [0.2, 0.25) is 0 Å². The number of aromatic nitrogens is 1. The molecule has 1 saturated carbocycles. The molecule has 0 unspecified atom stereocenters. The second-order valence-electron chi connectivity index (χ2n) is 8.99. The normalized spacial score (nSPS) is 19.4. The quantitative estimate of drug-likeness (QED) is 0.284. The van der Waals surface area contributed by atoms with Crippen LogP contribution in [0.15, 0.2) is 75.7 Å². The second-order valence-corrected chi connectivity index (χ2v) is 11.2. The minimum Gasteiger partial charge on any atom is -0.335 e. The molecule has 1 fully saturated rings. The molecule has 1 aliphatic carbocycles. The summed E-state index contributed by atoms with van der Waals surface area (Å²) in [6.45, 7) is 10.5. The molecule has 1 aliphatic heterocycles. The Morgan fingerprint density at radius 2 is 1.76 bits per heavy atom. The van der Waals surface area contributed by atoms with E-state index in [-0.39, 0.29) is 5.78 Å². The summed E-state index contributed by atoms with van der Waals surface area (Å²) in [7, 11) is 0. The number of ketones is 1. The van der Waals surface area contributed by atoms with Crippen molar-refractivity contribution in [2.75, 3.05) is 11.4 Å². The maximum Gasteiger partial charge on any atom is 0.242 e. The van der Waals surface area contributed by atoms with E-state index in [9.17, 15) is 4.79 Å². The van der Waals surface area contributed by atoms with Crippen molar-refractivity contribution in [2.45, 2.75) is 58.4 Å². The number of hydrogen-bond acceptors (Lipinski definition) is 4. The number of rotatable bonds is 5. The first kappa shape index (κ1) is 23.1. The van der Waals surface area contributed by atoms with Crippen molar-refractivity contribution in [3.63, 3.8) is 0 Å². The van der Waals surface area contributed by atoms with Gasteiger partial charge in [-0.3, -0.25) is 4.79 Å². The molecule has 3 aromatic rings. The van der Waals surface area contributed by atoms with Gasteiger partial charge in [-0.2, -0.15) is 4.57 Å². The summed E-state index contributed by atoms with van der Waals surface area (Å²) in [6, 6.07) is 13.3. The zero-order valence-corrected chi connectivity index (χ0v) is 22.0. The van der Waals surface area contributed by atoms with Gasteiger partial charge in [-0.15, -0.1) is 0 Å². The maximum absolute atomic E-state index is 13.1. The molecule has 0 radical (unpaired) electrons. The Labute approximate surface area is 210 Å². The van der Waals surface area contributed by atoms with Gasteiger partial charge in [-0.1, -0.05) is 47.4 Å². The molecule has 3 nitrogen and oxygen atoms in total. The number of allylic oxidation sites excluding steroid dienone is 5. The lowest BCUT2D eigenvalue weighted by Gasteiger charge is -2.17. The number of thioether (sulfide) groups is 1. The molecule has 174 valence electrons. The van der Waals surface area contributed by atoms with E-state index in [4.69, 9.17) is 0 Å². The zero-order chi connectivity index (χ0) is 23.8. The zero-order valence-electron chi connectivity index (χ0n) is 20.4. The van der Waals surface area contributed by atoms with E-state index in [1.54, 1.807) is 11.8 Å². The largest absolute Gasteiger partial charge is 0.335 e. The van der Waals surface area contributed by atoms with Crippen LogP contribution in [0.25, 0.3) is 10.2 Å². The smallest absolute Gasteiger partial charge is 0.242 e. The first-order valence-electron chi connectivity index (χ1n) is 12.1. The van der Waals surface area contributed by atoms with Gasteiger partial charge in [0.2, 0.25) is 10.5 Å². The van der Waals surface area contributed by atoms with Gasteiger partial charge in [-0.05, 0) is 81.5 Å². The molecule has 0 N–H and O–H groups in total. The summed E-state index contributed by atoms with van der Waals surface area (Å²) in [5.41, 5.74) is 7.02. The van der Waals surface area contributed by atoms with E-state index in [1.807, 2.05) is 11.3 Å². The van der Waals surface area contributed by atoms with E-state index < -0.39 is 0 Å². The number of fused-ring (bicyclic) bond motifs is 2. The fourth-order valence-corrected chi connectivity index (χ4v) is 7.35. The summed E-state index contributed by atoms with van der Waals surface area (Å²) >= 11 is 3.65. The Morgan fingerprint density at radius 1 is 1.00 bits per heavy atom. The number of thiazole rings is 1. The van der Waals surface area contributed by atoms with Gasteiger partial charge < -0.3 is 4.90 Å². The highest BCUT2D eigenvalue weighted by atomic mass is 32.2. The van der Waals surface area contributed by atoms with E-state index in [0.717, 1.165) is 43.5 Å². The van der Waals surface area contributed by atoms with Crippen molar-refractivity contribution in [1.82, 2.24) is 0 Å². The molecular weight excluding hydrogens is 456 g/mol. The molecule has 2 aromatic carbocycles. The van der Waals surface area contributed by atoms with E-state index >= 15 is 0 Å². The third-order valence-electron chi connectivity index (χ3n) is 6.65. The molecule has 5 rings (SSSR count). The predicted molar refractivity (Wildman–Crippen MR) is 145 cm³/mol. The number of carbonyl (C=O) groups excluding carboxylic acids is 1. The van der Waals surface area contributed by atoms with Crippen LogP contribution in [0.1, 0.15) is 42.8 Å². The SMILES string of the molecule is CCN1/C(=C/C=C2CC/C(=C\Cc3sc4cc(C)ccc4[n+]3CC)C2=O)Sc2cc(C)ccc21. The molecule has 1 aromatic heterocycles. The molecule has 0 amide bonds. The van der Waals surface area contributed by atoms with Crippen molar-refractivity contribution < 1.29 is 9.36 Å². The van der Waals surface area contributed by atoms with Crippen LogP contribution in [0.3, 0.4) is 0 Å². The van der Waals surface area contributed by atoms with Gasteiger partial charge in [0.05, 0.1) is 17.1 Å². The molecule has 0 bridgehead atoms. The van der Waals surface area contributed by atoms with Crippen LogP contribution >= 0.6 is 23.1 Å². The van der Waals surface area contributed by atoms with Crippen LogP contribution in [-0.2, 0) is 17.8 Å². The molecular formula is C29H31N2OS2+. The second kappa shape index (κ2) is 9.55. The van der Waals surface area contributed by atoms with Crippen LogP contribution in [0, 0.1) is 13.8 Å². The lowest BCUT2D eigenvalue weighted by atomic mass is 10.1. The fourth-order valence-electron chi connectivity index (χ4n) is 4.84. The third-order valence-corrected chi connectivity index (χ3v) is 8.93. The highest BCUT2D eigenvalue weighted by Crippen LogP contribution is 2.46. The van der Waals surface area contributed by atoms with Crippen molar-refractivity contribution in [3.8, 4) is 0 Å². The summed E-state index contributed by atoms with van der Waals surface area (Å²) in [6.07, 6.45) is 8.85. The van der Waals surface area contributed by atoms with Gasteiger partial charge in [0.1, 0.15) is 11.2 Å². The first-order chi connectivity index (χ1) is 16.5. The lowest BCUT2D eigenvalue weighted by Crippen LogP contribution is -2.34. The van der Waals surface area contributed by atoms with E-state index in [2.05, 4.69) is 91.8 Å². The standard InChI is InChI=1S/C29H31N2OS2/c1-5-30-23-13-7-19(3)17-25(23)33-27(30)15-11-21-9-10-22(29(21)32)12-16-28-31(6-2)24-14-8-20(4)18-26(24)34-28/h7-8,11-15,17-18H,5-6,9-10,16H2,1-4H3/q+1/b21-11?,22-12+,27-15-. The molecule has 34 heavy (non-hydrogen) atoms. The van der Waals surface area contributed by atoms with Crippen molar-refractivity contribution in [3.05, 3.63) is 86.9 Å². The van der Waals surface area contributed by atoms with Gasteiger partial charge in [-0.25, -0.2) is 0 Å². The minimum absolute atomic E-state index is 0.219. The predicted octanol–water partition coefficient (Wildman–Crippen LogP) is 7.06. The highest BCUT2D eigenvalue weighted by Gasteiger charge is 2.26. The summed E-state index contributed by atoms with van der Waals surface area (Å²) in [5, 5.41) is 2.52. The average Bonchev–Trinajstić information content (AvgIpc) is 3.47. The Bertz CT molecular complexity index is 1380.